The molecule has 9 heteroatoms. The van der Waals surface area contributed by atoms with Gasteiger partial charge in [0, 0.05) is 11.8 Å². The van der Waals surface area contributed by atoms with Gasteiger partial charge >= 0.3 is 0 Å². The van der Waals surface area contributed by atoms with Crippen molar-refractivity contribution in [3.05, 3.63) is 45.5 Å². The Labute approximate surface area is 182 Å². The minimum atomic E-state index is -0.533. The molecule has 29 heavy (non-hydrogen) atoms. The summed E-state index contributed by atoms with van der Waals surface area (Å²) < 4.78 is 16.8. The number of carbonyl (C=O) groups excluding carboxylic acids is 2. The Balaban J connectivity index is 1.92. The van der Waals surface area contributed by atoms with Crippen LogP contribution in [0.1, 0.15) is 18.9 Å². The summed E-state index contributed by atoms with van der Waals surface area (Å²) in [6, 6.07) is 10.5. The lowest BCUT2D eigenvalue weighted by Gasteiger charge is -2.12. The Morgan fingerprint density at radius 3 is 2.62 bits per heavy atom. The number of benzene rings is 2. The number of hydrogen-bond acceptors (Lipinski definition) is 6. The van der Waals surface area contributed by atoms with E-state index in [4.69, 9.17) is 14.2 Å². The zero-order valence-electron chi connectivity index (χ0n) is 16.3. The van der Waals surface area contributed by atoms with Crippen LogP contribution in [0.3, 0.4) is 0 Å². The van der Waals surface area contributed by atoms with Gasteiger partial charge in [-0.05, 0) is 59.3 Å². The van der Waals surface area contributed by atoms with Crippen LogP contribution in [0.15, 0.2) is 41.5 Å². The summed E-state index contributed by atoms with van der Waals surface area (Å²) in [5, 5.41) is 6.53. The van der Waals surface area contributed by atoms with Gasteiger partial charge < -0.3 is 19.5 Å². The minimum absolute atomic E-state index is 0.362. The fourth-order valence-corrected chi connectivity index (χ4v) is 3.15. The molecule has 0 aliphatic carbocycles. The molecule has 0 aliphatic heterocycles. The van der Waals surface area contributed by atoms with Crippen LogP contribution in [0, 0.1) is 3.57 Å². The second-order valence-corrected chi connectivity index (χ2v) is 6.88. The molecule has 0 aromatic heterocycles. The summed E-state index contributed by atoms with van der Waals surface area (Å²) in [7, 11) is 3.09. The zero-order chi connectivity index (χ0) is 21.2. The van der Waals surface area contributed by atoms with Crippen LogP contribution in [0.2, 0.25) is 0 Å². The maximum Gasteiger partial charge on any atom is 0.249 e. The maximum atomic E-state index is 12.0. The van der Waals surface area contributed by atoms with Crippen LogP contribution in [0.25, 0.3) is 0 Å². The second-order valence-electron chi connectivity index (χ2n) is 5.72. The molecule has 0 heterocycles. The van der Waals surface area contributed by atoms with E-state index in [0.717, 1.165) is 9.13 Å². The molecule has 2 rings (SSSR count). The van der Waals surface area contributed by atoms with Crippen molar-refractivity contribution < 1.29 is 23.8 Å². The first kappa shape index (κ1) is 22.5. The topological polar surface area (TPSA) is 98.2 Å². The third-order valence-corrected chi connectivity index (χ3v) is 4.42. The van der Waals surface area contributed by atoms with Crippen molar-refractivity contribution >= 4 is 46.3 Å². The van der Waals surface area contributed by atoms with E-state index in [9.17, 15) is 9.59 Å². The monoisotopic (exact) mass is 511 g/mol. The van der Waals surface area contributed by atoms with Gasteiger partial charge in [-0.1, -0.05) is 6.07 Å². The molecular weight excluding hydrogens is 489 g/mol. The molecule has 2 N–H and O–H groups in total. The first-order valence-electron chi connectivity index (χ1n) is 8.73. The molecule has 0 bridgehead atoms. The van der Waals surface area contributed by atoms with Crippen LogP contribution >= 0.6 is 22.6 Å². The summed E-state index contributed by atoms with van der Waals surface area (Å²) in [4.78, 5) is 23.9. The molecule has 0 saturated heterocycles. The van der Waals surface area contributed by atoms with Crippen molar-refractivity contribution in [3.8, 4) is 17.2 Å². The Kier molecular flexibility index (Phi) is 8.71. The number of nitrogens with zero attached hydrogens (tertiary/aromatic N) is 1. The molecule has 2 aromatic carbocycles. The minimum Gasteiger partial charge on any atom is -0.497 e. The number of hydrogen-bond donors (Lipinski definition) is 2. The molecular formula is C20H22IN3O5. The smallest absolute Gasteiger partial charge is 0.249 e. The van der Waals surface area contributed by atoms with E-state index in [1.165, 1.54) is 13.3 Å². The number of amides is 2. The zero-order valence-corrected chi connectivity index (χ0v) is 18.5. The number of rotatable bonds is 9. The van der Waals surface area contributed by atoms with E-state index >= 15 is 0 Å². The molecule has 0 aliphatic rings. The molecule has 154 valence electrons. The summed E-state index contributed by atoms with van der Waals surface area (Å²) in [5.74, 6) is 0.852. The summed E-state index contributed by atoms with van der Waals surface area (Å²) >= 11 is 2.14. The number of ether oxygens (including phenoxy) is 3. The Morgan fingerprint density at radius 2 is 1.93 bits per heavy atom. The number of carbonyl (C=O) groups is 2. The number of nitrogens with one attached hydrogen (secondary N) is 2. The number of halogens is 1. The van der Waals surface area contributed by atoms with Gasteiger partial charge in [-0.15, -0.1) is 0 Å². The predicted octanol–water partition coefficient (Wildman–Crippen LogP) is 3.19. The van der Waals surface area contributed by atoms with Crippen molar-refractivity contribution in [1.29, 1.82) is 0 Å². The van der Waals surface area contributed by atoms with E-state index in [2.05, 4.69) is 38.4 Å². The van der Waals surface area contributed by atoms with Crippen LogP contribution in [0.4, 0.5) is 5.69 Å². The first-order chi connectivity index (χ1) is 14.0. The van der Waals surface area contributed by atoms with Gasteiger partial charge in [0.1, 0.15) is 12.2 Å². The fraction of sp³-hybridized carbons (Fsp3) is 0.250. The molecule has 0 radical (unpaired) electrons. The van der Waals surface area contributed by atoms with Crippen molar-refractivity contribution in [1.82, 2.24) is 5.43 Å². The van der Waals surface area contributed by atoms with Crippen molar-refractivity contribution in [3.63, 3.8) is 0 Å². The van der Waals surface area contributed by atoms with E-state index in [1.807, 2.05) is 13.0 Å². The SMILES string of the molecule is CCOc1c(I)cc(C=NNC(=O)CC(=O)Nc2cccc(OC)c2)cc1OC. The Morgan fingerprint density at radius 1 is 1.14 bits per heavy atom. The van der Waals surface area contributed by atoms with Gasteiger partial charge in [-0.3, -0.25) is 9.59 Å². The predicted molar refractivity (Wildman–Crippen MR) is 119 cm³/mol. The highest BCUT2D eigenvalue weighted by molar-refractivity contribution is 14.1. The molecule has 2 aromatic rings. The average Bonchev–Trinajstić information content (AvgIpc) is 2.69. The summed E-state index contributed by atoms with van der Waals surface area (Å²) in [6.07, 6.45) is 1.11. The Hall–Kier alpha value is -2.82. The molecule has 0 fully saturated rings. The van der Waals surface area contributed by atoms with Crippen LogP contribution in [-0.2, 0) is 9.59 Å². The largest absolute Gasteiger partial charge is 0.497 e. The van der Waals surface area contributed by atoms with E-state index < -0.39 is 11.8 Å². The van der Waals surface area contributed by atoms with Crippen LogP contribution in [0.5, 0.6) is 17.2 Å². The average molecular weight is 511 g/mol. The molecule has 8 nitrogen and oxygen atoms in total. The third-order valence-electron chi connectivity index (χ3n) is 3.62. The van der Waals surface area contributed by atoms with Gasteiger partial charge in [0.25, 0.3) is 0 Å². The van der Waals surface area contributed by atoms with Gasteiger partial charge in [0.15, 0.2) is 11.5 Å². The van der Waals surface area contributed by atoms with Gasteiger partial charge in [-0.2, -0.15) is 5.10 Å². The van der Waals surface area contributed by atoms with Crippen LogP contribution < -0.4 is 25.0 Å². The third kappa shape index (κ3) is 6.93. The van der Waals surface area contributed by atoms with E-state index in [-0.39, 0.29) is 6.42 Å². The number of hydrazone groups is 1. The Bertz CT molecular complexity index is 902. The molecule has 0 spiro atoms. The van der Waals surface area contributed by atoms with Gasteiger partial charge in [0.2, 0.25) is 11.8 Å². The van der Waals surface area contributed by atoms with Crippen molar-refractivity contribution in [2.24, 2.45) is 5.10 Å². The highest BCUT2D eigenvalue weighted by Crippen LogP contribution is 2.33. The van der Waals surface area contributed by atoms with Crippen molar-refractivity contribution in [2.75, 3.05) is 26.1 Å². The fourth-order valence-electron chi connectivity index (χ4n) is 2.37. The van der Waals surface area contributed by atoms with E-state index in [0.29, 0.717) is 29.5 Å². The normalized spacial score (nSPS) is 10.5. The first-order valence-corrected chi connectivity index (χ1v) is 9.80. The molecule has 2 amide bonds. The molecule has 0 saturated carbocycles. The highest BCUT2D eigenvalue weighted by atomic mass is 127. The second kappa shape index (κ2) is 11.2. The lowest BCUT2D eigenvalue weighted by atomic mass is 10.2. The summed E-state index contributed by atoms with van der Waals surface area (Å²) in [5.41, 5.74) is 3.60. The maximum absolute atomic E-state index is 12.0. The number of methoxy groups -OCH3 is 2. The molecule has 0 atom stereocenters. The van der Waals surface area contributed by atoms with Gasteiger partial charge in [0.05, 0.1) is 30.6 Å². The number of anilines is 1. The lowest BCUT2D eigenvalue weighted by molar-refractivity contribution is -0.126. The van der Waals surface area contributed by atoms with E-state index in [1.54, 1.807) is 37.4 Å². The van der Waals surface area contributed by atoms with Gasteiger partial charge in [-0.25, -0.2) is 5.43 Å². The van der Waals surface area contributed by atoms with Crippen LogP contribution in [-0.4, -0.2) is 38.9 Å². The summed E-state index contributed by atoms with van der Waals surface area (Å²) in [6.45, 7) is 2.42. The highest BCUT2D eigenvalue weighted by Gasteiger charge is 2.11. The molecule has 0 unspecified atom stereocenters. The van der Waals surface area contributed by atoms with Crippen molar-refractivity contribution in [2.45, 2.75) is 13.3 Å². The lowest BCUT2D eigenvalue weighted by Crippen LogP contribution is -2.24. The standard InChI is InChI=1S/C20H22IN3O5/c1-4-29-20-16(21)8-13(9-17(20)28-3)12-22-24-19(26)11-18(25)23-14-6-5-7-15(10-14)27-2/h5-10,12H,4,11H2,1-3H3,(H,23,25)(H,24,26). The quantitative estimate of drug-likeness (QED) is 0.233.